The molecule has 0 aliphatic carbocycles. The minimum absolute atomic E-state index is 0.186. The van der Waals surface area contributed by atoms with Gasteiger partial charge in [-0.3, -0.25) is 9.78 Å². The monoisotopic (exact) mass is 368 g/mol. The van der Waals surface area contributed by atoms with Gasteiger partial charge in [0.25, 0.3) is 5.91 Å². The number of hydrogen-bond acceptors (Lipinski definition) is 3. The number of pyridine rings is 1. The van der Waals surface area contributed by atoms with E-state index in [1.54, 1.807) is 37.5 Å². The summed E-state index contributed by atoms with van der Waals surface area (Å²) in [6.07, 6.45) is 2.77. The Balaban J connectivity index is 1.90. The van der Waals surface area contributed by atoms with E-state index in [1.807, 2.05) is 12.1 Å². The number of nitrogens with zero attached hydrogens (tertiary/aromatic N) is 1. The number of benzene rings is 1. The highest BCUT2D eigenvalue weighted by Gasteiger charge is 2.15. The number of rotatable bonds is 5. The zero-order valence-electron chi connectivity index (χ0n) is 11.3. The van der Waals surface area contributed by atoms with Crippen molar-refractivity contribution in [2.45, 2.75) is 19.6 Å². The van der Waals surface area contributed by atoms with E-state index in [4.69, 9.17) is 16.3 Å². The van der Waals surface area contributed by atoms with Crippen molar-refractivity contribution in [3.05, 3.63) is 57.8 Å². The lowest BCUT2D eigenvalue weighted by Gasteiger charge is -2.16. The molecular weight excluding hydrogens is 356 g/mol. The van der Waals surface area contributed by atoms with Gasteiger partial charge < -0.3 is 10.1 Å². The van der Waals surface area contributed by atoms with Crippen molar-refractivity contribution in [2.75, 3.05) is 0 Å². The Hall–Kier alpha value is -1.59. The maximum atomic E-state index is 12.0. The van der Waals surface area contributed by atoms with E-state index in [0.29, 0.717) is 21.8 Å². The molecule has 110 valence electrons. The lowest BCUT2D eigenvalue weighted by molar-refractivity contribution is -0.127. The van der Waals surface area contributed by atoms with Crippen LogP contribution in [-0.4, -0.2) is 17.0 Å². The molecule has 0 aliphatic heterocycles. The fourth-order valence-electron chi connectivity index (χ4n) is 1.65. The topological polar surface area (TPSA) is 51.2 Å². The van der Waals surface area contributed by atoms with Gasteiger partial charge in [-0.2, -0.15) is 0 Å². The molecule has 1 aromatic heterocycles. The maximum absolute atomic E-state index is 12.0. The van der Waals surface area contributed by atoms with E-state index >= 15 is 0 Å². The third-order valence-electron chi connectivity index (χ3n) is 2.78. The molecule has 0 spiro atoms. The summed E-state index contributed by atoms with van der Waals surface area (Å²) in [5.74, 6) is 0.389. The second kappa shape index (κ2) is 7.43. The minimum atomic E-state index is -0.607. The lowest BCUT2D eigenvalue weighted by Crippen LogP contribution is -2.35. The number of ether oxygens (including phenoxy) is 1. The van der Waals surface area contributed by atoms with Crippen molar-refractivity contribution >= 4 is 33.4 Å². The molecule has 1 aromatic carbocycles. The molecule has 4 nitrogen and oxygen atoms in total. The summed E-state index contributed by atoms with van der Waals surface area (Å²) in [5.41, 5.74) is 0.984. The van der Waals surface area contributed by atoms with Crippen LogP contribution in [0, 0.1) is 0 Å². The summed E-state index contributed by atoms with van der Waals surface area (Å²) >= 11 is 9.22. The third kappa shape index (κ3) is 4.72. The van der Waals surface area contributed by atoms with E-state index in [9.17, 15) is 4.79 Å². The summed E-state index contributed by atoms with van der Waals surface area (Å²) in [5, 5.41) is 3.42. The van der Waals surface area contributed by atoms with E-state index < -0.39 is 6.10 Å². The predicted molar refractivity (Wildman–Crippen MR) is 85.3 cm³/mol. The van der Waals surface area contributed by atoms with Crippen molar-refractivity contribution in [3.8, 4) is 5.75 Å². The van der Waals surface area contributed by atoms with Gasteiger partial charge in [0.05, 0.1) is 4.47 Å². The highest BCUT2D eigenvalue weighted by molar-refractivity contribution is 9.10. The Morgan fingerprint density at radius 1 is 1.38 bits per heavy atom. The van der Waals surface area contributed by atoms with Gasteiger partial charge in [0.2, 0.25) is 0 Å². The molecule has 6 heteroatoms. The number of nitrogens with one attached hydrogen (secondary N) is 1. The number of carbonyl (C=O) groups excluding carboxylic acids is 1. The molecule has 2 rings (SSSR count). The largest absolute Gasteiger partial charge is 0.480 e. The zero-order valence-corrected chi connectivity index (χ0v) is 13.7. The Bertz CT molecular complexity index is 622. The molecule has 1 heterocycles. The highest BCUT2D eigenvalue weighted by Crippen LogP contribution is 2.28. The smallest absolute Gasteiger partial charge is 0.261 e. The molecule has 1 amide bonds. The molecule has 0 unspecified atom stereocenters. The Kier molecular flexibility index (Phi) is 5.59. The van der Waals surface area contributed by atoms with Crippen molar-refractivity contribution in [1.29, 1.82) is 0 Å². The minimum Gasteiger partial charge on any atom is -0.480 e. The summed E-state index contributed by atoms with van der Waals surface area (Å²) in [6.45, 7) is 2.14. The van der Waals surface area contributed by atoms with Crippen LogP contribution in [0.3, 0.4) is 0 Å². The van der Waals surface area contributed by atoms with Crippen molar-refractivity contribution in [2.24, 2.45) is 0 Å². The molecule has 2 aromatic rings. The molecule has 0 bridgehead atoms. The molecule has 1 N–H and O–H groups in total. The Labute approximate surface area is 136 Å². The van der Waals surface area contributed by atoms with Crippen LogP contribution in [-0.2, 0) is 11.3 Å². The van der Waals surface area contributed by atoms with Crippen molar-refractivity contribution < 1.29 is 9.53 Å². The Morgan fingerprint density at radius 3 is 2.76 bits per heavy atom. The summed E-state index contributed by atoms with van der Waals surface area (Å²) in [7, 11) is 0. The first kappa shape index (κ1) is 15.8. The summed E-state index contributed by atoms with van der Waals surface area (Å²) < 4.78 is 6.33. The second-order valence-corrected chi connectivity index (χ2v) is 5.70. The number of hydrogen-bond donors (Lipinski definition) is 1. The SMILES string of the molecule is C[C@H](Oc1ccc(Cl)cc1Br)C(=O)NCc1ccncc1. The first-order valence-corrected chi connectivity index (χ1v) is 7.51. The van der Waals surface area contributed by atoms with E-state index in [-0.39, 0.29) is 5.91 Å². The van der Waals surface area contributed by atoms with Crippen LogP contribution in [0.4, 0.5) is 0 Å². The van der Waals surface area contributed by atoms with Crippen LogP contribution in [0.2, 0.25) is 5.02 Å². The van der Waals surface area contributed by atoms with Crippen LogP contribution >= 0.6 is 27.5 Å². The first-order valence-electron chi connectivity index (χ1n) is 6.34. The molecule has 0 saturated carbocycles. The standard InChI is InChI=1S/C15H14BrClN2O2/c1-10(21-14-3-2-12(17)8-13(14)16)15(20)19-9-11-4-6-18-7-5-11/h2-8,10H,9H2,1H3,(H,19,20)/t10-/m0/s1. The van der Waals surface area contributed by atoms with Gasteiger partial charge in [-0.25, -0.2) is 0 Å². The maximum Gasteiger partial charge on any atom is 0.261 e. The number of halogens is 2. The molecule has 0 fully saturated rings. The normalized spacial score (nSPS) is 11.8. The van der Waals surface area contributed by atoms with Gasteiger partial charge in [-0.1, -0.05) is 11.6 Å². The van der Waals surface area contributed by atoms with E-state index in [2.05, 4.69) is 26.2 Å². The Morgan fingerprint density at radius 2 is 2.10 bits per heavy atom. The van der Waals surface area contributed by atoms with E-state index in [1.165, 1.54) is 0 Å². The van der Waals surface area contributed by atoms with Crippen LogP contribution in [0.25, 0.3) is 0 Å². The number of amides is 1. The molecule has 1 atom stereocenters. The van der Waals surface area contributed by atoms with Crippen molar-refractivity contribution in [1.82, 2.24) is 10.3 Å². The number of carbonyl (C=O) groups is 1. The summed E-state index contributed by atoms with van der Waals surface area (Å²) in [6, 6.07) is 8.85. The molecule has 0 saturated heterocycles. The fraction of sp³-hybridized carbons (Fsp3) is 0.200. The molecule has 0 aliphatic rings. The van der Waals surface area contributed by atoms with Crippen molar-refractivity contribution in [3.63, 3.8) is 0 Å². The highest BCUT2D eigenvalue weighted by atomic mass is 79.9. The van der Waals surface area contributed by atoms with Crippen LogP contribution in [0.1, 0.15) is 12.5 Å². The molecular formula is C15H14BrClN2O2. The predicted octanol–water partition coefficient (Wildman–Crippen LogP) is 3.58. The number of aromatic nitrogens is 1. The van der Waals surface area contributed by atoms with Gasteiger partial charge >= 0.3 is 0 Å². The van der Waals surface area contributed by atoms with Gasteiger partial charge in [0.15, 0.2) is 6.10 Å². The average molecular weight is 370 g/mol. The van der Waals surface area contributed by atoms with Gasteiger partial charge in [0.1, 0.15) is 5.75 Å². The molecule has 0 radical (unpaired) electrons. The van der Waals surface area contributed by atoms with Crippen LogP contribution in [0.5, 0.6) is 5.75 Å². The van der Waals surface area contributed by atoms with Crippen LogP contribution in [0.15, 0.2) is 47.2 Å². The fourth-order valence-corrected chi connectivity index (χ4v) is 2.42. The van der Waals surface area contributed by atoms with E-state index in [0.717, 1.165) is 5.56 Å². The van der Waals surface area contributed by atoms with Gasteiger partial charge in [-0.15, -0.1) is 0 Å². The first-order chi connectivity index (χ1) is 10.1. The van der Waals surface area contributed by atoms with Gasteiger partial charge in [0, 0.05) is 24.0 Å². The average Bonchev–Trinajstić information content (AvgIpc) is 2.48. The third-order valence-corrected chi connectivity index (χ3v) is 3.64. The quantitative estimate of drug-likeness (QED) is 0.876. The zero-order chi connectivity index (χ0) is 15.2. The molecule has 21 heavy (non-hydrogen) atoms. The lowest BCUT2D eigenvalue weighted by atomic mass is 10.2. The summed E-state index contributed by atoms with van der Waals surface area (Å²) in [4.78, 5) is 15.9. The van der Waals surface area contributed by atoms with Gasteiger partial charge in [-0.05, 0) is 58.7 Å². The second-order valence-electron chi connectivity index (χ2n) is 4.41. The van der Waals surface area contributed by atoms with Crippen LogP contribution < -0.4 is 10.1 Å².